The van der Waals surface area contributed by atoms with Gasteiger partial charge >= 0.3 is 0 Å². The Balaban J connectivity index is 1.70. The highest BCUT2D eigenvalue weighted by Gasteiger charge is 2.24. The molecule has 2 aromatic rings. The minimum absolute atomic E-state index is 0.195. The smallest absolute Gasteiger partial charge is 0.199 e. The van der Waals surface area contributed by atoms with Gasteiger partial charge in [0.1, 0.15) is 0 Å². The summed E-state index contributed by atoms with van der Waals surface area (Å²) < 4.78 is 5.53. The van der Waals surface area contributed by atoms with Crippen LogP contribution in [-0.2, 0) is 13.0 Å². The number of pyridine rings is 1. The number of oxazole rings is 1. The Morgan fingerprint density at radius 2 is 2.26 bits per heavy atom. The zero-order valence-electron chi connectivity index (χ0n) is 11.1. The van der Waals surface area contributed by atoms with Gasteiger partial charge in [-0.1, -0.05) is 6.92 Å². The maximum atomic E-state index is 9.76. The van der Waals surface area contributed by atoms with E-state index in [4.69, 9.17) is 4.42 Å². The van der Waals surface area contributed by atoms with E-state index < -0.39 is 0 Å². The molecule has 0 unspecified atom stereocenters. The lowest BCUT2D eigenvalue weighted by atomic mass is 10.2. The molecule has 2 atom stereocenters. The third kappa shape index (κ3) is 2.62. The van der Waals surface area contributed by atoms with E-state index in [1.165, 1.54) is 0 Å². The molecule has 5 heteroatoms. The first-order valence-electron chi connectivity index (χ1n) is 6.93. The van der Waals surface area contributed by atoms with Gasteiger partial charge in [-0.25, -0.2) is 4.98 Å². The van der Waals surface area contributed by atoms with Gasteiger partial charge in [-0.05, 0) is 31.4 Å². The number of nitrogens with zero attached hydrogens (tertiary/aromatic N) is 2. The van der Waals surface area contributed by atoms with Crippen molar-refractivity contribution in [2.45, 2.75) is 51.3 Å². The van der Waals surface area contributed by atoms with Crippen LogP contribution in [0.25, 0.3) is 11.2 Å². The molecule has 102 valence electrons. The highest BCUT2D eigenvalue weighted by Crippen LogP contribution is 2.19. The van der Waals surface area contributed by atoms with Crippen molar-refractivity contribution < 1.29 is 9.52 Å². The molecule has 0 spiro atoms. The van der Waals surface area contributed by atoms with E-state index in [1.807, 2.05) is 19.1 Å². The molecule has 0 saturated heterocycles. The van der Waals surface area contributed by atoms with Crippen LogP contribution in [0.4, 0.5) is 0 Å². The molecule has 5 nitrogen and oxygen atoms in total. The molecular weight excluding hydrogens is 242 g/mol. The lowest BCUT2D eigenvalue weighted by molar-refractivity contribution is 0.148. The Hall–Kier alpha value is -1.46. The van der Waals surface area contributed by atoms with E-state index >= 15 is 0 Å². The predicted molar refractivity (Wildman–Crippen MR) is 71.7 cm³/mol. The van der Waals surface area contributed by atoms with Gasteiger partial charge in [0.15, 0.2) is 17.1 Å². The second-order valence-corrected chi connectivity index (χ2v) is 5.07. The van der Waals surface area contributed by atoms with Crippen LogP contribution in [0.1, 0.15) is 37.8 Å². The Morgan fingerprint density at radius 1 is 1.37 bits per heavy atom. The average Bonchev–Trinajstić information content (AvgIpc) is 3.01. The third-order valence-electron chi connectivity index (χ3n) is 3.68. The summed E-state index contributed by atoms with van der Waals surface area (Å²) in [5.41, 5.74) is 2.34. The number of aliphatic hydroxyl groups is 1. The molecule has 1 aliphatic carbocycles. The van der Waals surface area contributed by atoms with Crippen molar-refractivity contribution in [3.63, 3.8) is 0 Å². The first kappa shape index (κ1) is 12.6. The van der Waals surface area contributed by atoms with E-state index in [0.717, 1.165) is 42.9 Å². The van der Waals surface area contributed by atoms with Gasteiger partial charge in [0.25, 0.3) is 0 Å². The van der Waals surface area contributed by atoms with Crippen LogP contribution in [0.2, 0.25) is 0 Å². The Bertz CT molecular complexity index is 567. The van der Waals surface area contributed by atoms with E-state index in [0.29, 0.717) is 12.2 Å². The Kier molecular flexibility index (Phi) is 3.48. The number of aryl methyl sites for hydroxylation is 1. The molecule has 3 rings (SSSR count). The SMILES string of the molecule is CCc1nc2nc(CN[C@H]3CCC[C@H]3O)ccc2o1. The minimum Gasteiger partial charge on any atom is -0.439 e. The molecule has 2 N–H and O–H groups in total. The van der Waals surface area contributed by atoms with Gasteiger partial charge in [0.2, 0.25) is 0 Å². The van der Waals surface area contributed by atoms with Crippen LogP contribution in [0.3, 0.4) is 0 Å². The maximum Gasteiger partial charge on any atom is 0.199 e. The van der Waals surface area contributed by atoms with E-state index in [9.17, 15) is 5.11 Å². The molecule has 1 aliphatic rings. The average molecular weight is 261 g/mol. The lowest BCUT2D eigenvalue weighted by Crippen LogP contribution is -2.35. The standard InChI is InChI=1S/C14H19N3O2/c1-2-13-17-14-12(19-13)7-6-9(16-14)8-15-10-4-3-5-11(10)18/h6-7,10-11,15,18H,2-5,8H2,1H3/t10-,11+/m0/s1. The third-order valence-corrected chi connectivity index (χ3v) is 3.68. The summed E-state index contributed by atoms with van der Waals surface area (Å²) in [4.78, 5) is 8.81. The first-order chi connectivity index (χ1) is 9.26. The molecule has 2 heterocycles. The molecule has 1 fully saturated rings. The van der Waals surface area contributed by atoms with Crippen LogP contribution >= 0.6 is 0 Å². The molecule has 1 saturated carbocycles. The topological polar surface area (TPSA) is 71.2 Å². The molecule has 0 radical (unpaired) electrons. The zero-order valence-corrected chi connectivity index (χ0v) is 11.1. The molecule has 0 aromatic carbocycles. The fraction of sp³-hybridized carbons (Fsp3) is 0.571. The van der Waals surface area contributed by atoms with Crippen LogP contribution in [0.5, 0.6) is 0 Å². The van der Waals surface area contributed by atoms with Crippen LogP contribution in [0.15, 0.2) is 16.5 Å². The quantitative estimate of drug-likeness (QED) is 0.878. The first-order valence-corrected chi connectivity index (χ1v) is 6.93. The number of rotatable bonds is 4. The van der Waals surface area contributed by atoms with Gasteiger partial charge in [0.05, 0.1) is 11.8 Å². The predicted octanol–water partition coefficient (Wildman–Crippen LogP) is 1.79. The van der Waals surface area contributed by atoms with Gasteiger partial charge in [0, 0.05) is 19.0 Å². The van der Waals surface area contributed by atoms with E-state index in [1.54, 1.807) is 0 Å². The summed E-state index contributed by atoms with van der Waals surface area (Å²) in [7, 11) is 0. The van der Waals surface area contributed by atoms with Crippen molar-refractivity contribution in [2.75, 3.05) is 0 Å². The maximum absolute atomic E-state index is 9.76. The Morgan fingerprint density at radius 3 is 3.00 bits per heavy atom. The van der Waals surface area contributed by atoms with E-state index in [2.05, 4.69) is 15.3 Å². The largest absolute Gasteiger partial charge is 0.439 e. The number of fused-ring (bicyclic) bond motifs is 1. The van der Waals surface area contributed by atoms with Gasteiger partial charge < -0.3 is 14.8 Å². The number of aromatic nitrogens is 2. The monoisotopic (exact) mass is 261 g/mol. The normalized spacial score (nSPS) is 23.3. The lowest BCUT2D eigenvalue weighted by Gasteiger charge is -2.15. The summed E-state index contributed by atoms with van der Waals surface area (Å²) in [6.07, 6.45) is 3.58. The van der Waals surface area contributed by atoms with Crippen molar-refractivity contribution >= 4 is 11.2 Å². The highest BCUT2D eigenvalue weighted by molar-refractivity contribution is 5.67. The van der Waals surface area contributed by atoms with Gasteiger partial charge in [-0.3, -0.25) is 0 Å². The molecular formula is C14H19N3O2. The summed E-state index contributed by atoms with van der Waals surface area (Å²) in [5, 5.41) is 13.1. The Labute approximate surface area is 112 Å². The van der Waals surface area contributed by atoms with Crippen molar-refractivity contribution in [2.24, 2.45) is 0 Å². The fourth-order valence-electron chi connectivity index (χ4n) is 2.57. The summed E-state index contributed by atoms with van der Waals surface area (Å²) in [5.74, 6) is 0.721. The number of nitrogens with one attached hydrogen (secondary N) is 1. The number of hydrogen-bond donors (Lipinski definition) is 2. The van der Waals surface area contributed by atoms with Crippen molar-refractivity contribution in [3.05, 3.63) is 23.7 Å². The zero-order chi connectivity index (χ0) is 13.2. The molecule has 19 heavy (non-hydrogen) atoms. The molecule has 0 aliphatic heterocycles. The molecule has 0 amide bonds. The summed E-state index contributed by atoms with van der Waals surface area (Å²) in [6, 6.07) is 4.05. The van der Waals surface area contributed by atoms with Crippen LogP contribution < -0.4 is 5.32 Å². The van der Waals surface area contributed by atoms with Crippen LogP contribution in [0, 0.1) is 0 Å². The second kappa shape index (κ2) is 5.27. The van der Waals surface area contributed by atoms with Gasteiger partial charge in [-0.15, -0.1) is 0 Å². The van der Waals surface area contributed by atoms with Crippen molar-refractivity contribution in [1.29, 1.82) is 0 Å². The second-order valence-electron chi connectivity index (χ2n) is 5.07. The van der Waals surface area contributed by atoms with Crippen LogP contribution in [-0.4, -0.2) is 27.2 Å². The van der Waals surface area contributed by atoms with Gasteiger partial charge in [-0.2, -0.15) is 4.98 Å². The molecule has 0 bridgehead atoms. The fourth-order valence-corrected chi connectivity index (χ4v) is 2.57. The number of hydrogen-bond acceptors (Lipinski definition) is 5. The van der Waals surface area contributed by atoms with E-state index in [-0.39, 0.29) is 12.1 Å². The van der Waals surface area contributed by atoms with Crippen molar-refractivity contribution in [3.8, 4) is 0 Å². The summed E-state index contributed by atoms with van der Waals surface area (Å²) in [6.45, 7) is 2.67. The summed E-state index contributed by atoms with van der Waals surface area (Å²) >= 11 is 0. The van der Waals surface area contributed by atoms with Crippen molar-refractivity contribution in [1.82, 2.24) is 15.3 Å². The minimum atomic E-state index is -0.220. The molecule has 2 aromatic heterocycles. The highest BCUT2D eigenvalue weighted by atomic mass is 16.3. The number of aliphatic hydroxyl groups excluding tert-OH is 1.